The fourth-order valence-corrected chi connectivity index (χ4v) is 4.69. The minimum atomic E-state index is -2.47. The predicted molar refractivity (Wildman–Crippen MR) is 121 cm³/mol. The Morgan fingerprint density at radius 1 is 1.21 bits per heavy atom. The average Bonchev–Trinajstić information content (AvgIpc) is 3.25. The van der Waals surface area contributed by atoms with Crippen LogP contribution in [0.5, 0.6) is 0 Å². The number of allylic oxidation sites excluding steroid dienone is 2. The van der Waals surface area contributed by atoms with Gasteiger partial charge in [0.2, 0.25) is 5.89 Å². The van der Waals surface area contributed by atoms with Crippen molar-refractivity contribution in [3.8, 4) is 0 Å². The van der Waals surface area contributed by atoms with E-state index in [1.807, 2.05) is 19.9 Å². The molecule has 10 heteroatoms. The molecule has 0 radical (unpaired) electrons. The van der Waals surface area contributed by atoms with E-state index in [9.17, 15) is 13.6 Å². The maximum absolute atomic E-state index is 13.0. The largest absolute Gasteiger partial charge is 0.337 e. The maximum atomic E-state index is 13.0. The molecular formula is C24H24F2N6O2. The second-order valence-electron chi connectivity index (χ2n) is 8.34. The highest BCUT2D eigenvalue weighted by atomic mass is 19.3. The molecule has 0 N–H and O–H groups in total. The molecule has 3 aromatic heterocycles. The number of halogens is 2. The van der Waals surface area contributed by atoms with Crippen molar-refractivity contribution in [2.75, 3.05) is 0 Å². The van der Waals surface area contributed by atoms with Crippen LogP contribution in [0.1, 0.15) is 55.5 Å². The highest BCUT2D eigenvalue weighted by molar-refractivity contribution is 5.71. The van der Waals surface area contributed by atoms with E-state index >= 15 is 0 Å². The molecule has 0 spiro atoms. The SMILES string of the molecule is CC.Cn1cnc2ncn(Cc3nc(C4C5C=C(c6cccc(C(F)F)c6)CC54)no3)c(=O)c21. The van der Waals surface area contributed by atoms with Crippen LogP contribution in [-0.4, -0.2) is 29.2 Å². The lowest BCUT2D eigenvalue weighted by molar-refractivity contribution is 0.151. The Bertz CT molecular complexity index is 1440. The van der Waals surface area contributed by atoms with Crippen LogP contribution in [0, 0.1) is 11.8 Å². The zero-order valence-electron chi connectivity index (χ0n) is 19.0. The fourth-order valence-electron chi connectivity index (χ4n) is 4.69. The number of fused-ring (bicyclic) bond motifs is 2. The molecule has 0 saturated heterocycles. The summed E-state index contributed by atoms with van der Waals surface area (Å²) in [6, 6.07) is 6.55. The molecule has 1 saturated carbocycles. The minimum absolute atomic E-state index is 0.0392. The first-order valence-electron chi connectivity index (χ1n) is 11.3. The third kappa shape index (κ3) is 3.72. The molecule has 8 nitrogen and oxygen atoms in total. The lowest BCUT2D eigenvalue weighted by atomic mass is 9.99. The number of aromatic nitrogens is 6. The second-order valence-corrected chi connectivity index (χ2v) is 8.34. The molecule has 2 aliphatic rings. The molecule has 6 rings (SSSR count). The summed E-state index contributed by atoms with van der Waals surface area (Å²) in [5, 5.41) is 4.12. The van der Waals surface area contributed by atoms with Gasteiger partial charge in [0.25, 0.3) is 12.0 Å². The number of rotatable bonds is 5. The summed E-state index contributed by atoms with van der Waals surface area (Å²) >= 11 is 0. The topological polar surface area (TPSA) is 91.6 Å². The van der Waals surface area contributed by atoms with Crippen LogP contribution in [-0.2, 0) is 13.6 Å². The number of aryl methyl sites for hydroxylation is 1. The van der Waals surface area contributed by atoms with Crippen LogP contribution < -0.4 is 5.56 Å². The Morgan fingerprint density at radius 3 is 2.74 bits per heavy atom. The third-order valence-electron chi connectivity index (χ3n) is 6.38. The maximum Gasteiger partial charge on any atom is 0.280 e. The normalized spacial score (nSPS) is 20.8. The third-order valence-corrected chi connectivity index (χ3v) is 6.38. The number of hydrogen-bond acceptors (Lipinski definition) is 6. The second kappa shape index (κ2) is 8.58. The van der Waals surface area contributed by atoms with Gasteiger partial charge in [-0.1, -0.05) is 43.3 Å². The summed E-state index contributed by atoms with van der Waals surface area (Å²) in [5.41, 5.74) is 2.56. The summed E-state index contributed by atoms with van der Waals surface area (Å²) in [6.45, 7) is 4.13. The van der Waals surface area contributed by atoms with Gasteiger partial charge in [0.05, 0.1) is 6.33 Å². The van der Waals surface area contributed by atoms with Crippen molar-refractivity contribution in [3.63, 3.8) is 0 Å². The Morgan fingerprint density at radius 2 is 2.00 bits per heavy atom. The van der Waals surface area contributed by atoms with E-state index in [0.29, 0.717) is 28.8 Å². The first-order chi connectivity index (χ1) is 16.5. The fraction of sp³-hybridized carbons (Fsp3) is 0.375. The highest BCUT2D eigenvalue weighted by Crippen LogP contribution is 2.62. The standard InChI is InChI=1S/C22H18F2N6O2.C2H6/c1-29-9-25-21-18(29)22(31)30(10-26-21)8-16-27-20(28-32-16)17-14-6-13(7-15(14)17)11-3-2-4-12(5-11)19(23)24;1-2/h2-6,9-10,14-15,17,19H,7-8H2,1H3;1-2H3. The molecule has 2 aliphatic carbocycles. The number of benzene rings is 1. The summed E-state index contributed by atoms with van der Waals surface area (Å²) < 4.78 is 34.4. The van der Waals surface area contributed by atoms with Crippen LogP contribution in [0.15, 0.2) is 52.3 Å². The summed E-state index contributed by atoms with van der Waals surface area (Å²) in [4.78, 5) is 25.5. The predicted octanol–water partition coefficient (Wildman–Crippen LogP) is 4.34. The lowest BCUT2D eigenvalue weighted by Gasteiger charge is -2.08. The van der Waals surface area contributed by atoms with E-state index in [2.05, 4.69) is 26.2 Å². The summed E-state index contributed by atoms with van der Waals surface area (Å²) in [5.74, 6) is 1.74. The van der Waals surface area contributed by atoms with Gasteiger partial charge in [-0.05, 0) is 35.5 Å². The highest BCUT2D eigenvalue weighted by Gasteiger charge is 2.55. The van der Waals surface area contributed by atoms with Gasteiger partial charge in [0.1, 0.15) is 12.9 Å². The van der Waals surface area contributed by atoms with Crippen molar-refractivity contribution < 1.29 is 13.3 Å². The van der Waals surface area contributed by atoms with Crippen LogP contribution in [0.2, 0.25) is 0 Å². The van der Waals surface area contributed by atoms with Gasteiger partial charge in [-0.2, -0.15) is 4.98 Å². The van der Waals surface area contributed by atoms with Crippen molar-refractivity contribution in [2.45, 2.75) is 39.2 Å². The molecule has 1 aromatic carbocycles. The van der Waals surface area contributed by atoms with Crippen LogP contribution in [0.4, 0.5) is 8.78 Å². The molecule has 3 heterocycles. The van der Waals surface area contributed by atoms with Crippen molar-refractivity contribution in [1.29, 1.82) is 0 Å². The summed E-state index contributed by atoms with van der Waals surface area (Å²) in [7, 11) is 1.74. The Balaban J connectivity index is 0.00000117. The molecule has 176 valence electrons. The van der Waals surface area contributed by atoms with Crippen molar-refractivity contribution >= 4 is 16.7 Å². The quantitative estimate of drug-likeness (QED) is 0.435. The molecule has 0 bridgehead atoms. The first-order valence-corrected chi connectivity index (χ1v) is 11.3. The Labute approximate surface area is 194 Å². The van der Waals surface area contributed by atoms with E-state index < -0.39 is 6.43 Å². The van der Waals surface area contributed by atoms with Crippen LogP contribution in [0.3, 0.4) is 0 Å². The average molecular weight is 466 g/mol. The number of hydrogen-bond donors (Lipinski definition) is 0. The molecule has 1 fully saturated rings. The molecule has 0 amide bonds. The lowest BCUT2D eigenvalue weighted by Crippen LogP contribution is -2.22. The monoisotopic (exact) mass is 466 g/mol. The van der Waals surface area contributed by atoms with E-state index in [-0.39, 0.29) is 29.5 Å². The number of nitrogens with zero attached hydrogens (tertiary/aromatic N) is 6. The van der Waals surface area contributed by atoms with E-state index in [1.54, 1.807) is 30.1 Å². The summed E-state index contributed by atoms with van der Waals surface area (Å²) in [6.07, 6.45) is 3.44. The molecule has 3 unspecified atom stereocenters. The van der Waals surface area contributed by atoms with E-state index in [0.717, 1.165) is 17.6 Å². The molecule has 0 aliphatic heterocycles. The van der Waals surface area contributed by atoms with Gasteiger partial charge in [-0.15, -0.1) is 0 Å². The van der Waals surface area contributed by atoms with Gasteiger partial charge < -0.3 is 9.09 Å². The smallest absolute Gasteiger partial charge is 0.280 e. The van der Waals surface area contributed by atoms with Crippen LogP contribution >= 0.6 is 0 Å². The Kier molecular flexibility index (Phi) is 5.59. The Hall–Kier alpha value is -3.69. The van der Waals surface area contributed by atoms with Gasteiger partial charge in [0, 0.05) is 18.5 Å². The zero-order valence-corrected chi connectivity index (χ0v) is 19.0. The molecule has 3 atom stereocenters. The van der Waals surface area contributed by atoms with E-state index in [1.165, 1.54) is 17.0 Å². The zero-order chi connectivity index (χ0) is 24.0. The van der Waals surface area contributed by atoms with Gasteiger partial charge in [0.15, 0.2) is 17.0 Å². The van der Waals surface area contributed by atoms with Gasteiger partial charge in [-0.3, -0.25) is 9.36 Å². The minimum Gasteiger partial charge on any atom is -0.337 e. The van der Waals surface area contributed by atoms with Crippen molar-refractivity contribution in [1.82, 2.24) is 29.2 Å². The molecular weight excluding hydrogens is 442 g/mol. The number of alkyl halides is 2. The molecule has 4 aromatic rings. The van der Waals surface area contributed by atoms with E-state index in [4.69, 9.17) is 4.52 Å². The number of imidazole rings is 1. The molecule has 34 heavy (non-hydrogen) atoms. The van der Waals surface area contributed by atoms with Gasteiger partial charge in [-0.25, -0.2) is 18.7 Å². The van der Waals surface area contributed by atoms with Crippen molar-refractivity contribution in [3.05, 3.63) is 76.2 Å². The first kappa shape index (κ1) is 22.1. The van der Waals surface area contributed by atoms with Crippen molar-refractivity contribution in [2.24, 2.45) is 18.9 Å². The van der Waals surface area contributed by atoms with Crippen LogP contribution in [0.25, 0.3) is 16.7 Å². The van der Waals surface area contributed by atoms with Gasteiger partial charge >= 0.3 is 0 Å².